The number of pyridine rings is 1. The number of carbonyl (C=O) groups excluding carboxylic acids is 1. The van der Waals surface area contributed by atoms with Crippen LogP contribution in [-0.2, 0) is 17.9 Å². The van der Waals surface area contributed by atoms with E-state index in [0.717, 1.165) is 17.2 Å². The van der Waals surface area contributed by atoms with Crippen molar-refractivity contribution in [2.45, 2.75) is 51.8 Å². The van der Waals surface area contributed by atoms with E-state index >= 15 is 0 Å². The van der Waals surface area contributed by atoms with Crippen molar-refractivity contribution in [2.75, 3.05) is 13.1 Å². The zero-order chi connectivity index (χ0) is 32.8. The Morgan fingerprint density at radius 1 is 1.11 bits per heavy atom. The van der Waals surface area contributed by atoms with Crippen molar-refractivity contribution in [2.24, 2.45) is 5.92 Å². The average Bonchev–Trinajstić information content (AvgIpc) is 3.36. The number of fused-ring (bicyclic) bond motifs is 1. The minimum atomic E-state index is -4.96. The third-order valence-electron chi connectivity index (χ3n) is 7.42. The Hall–Kier alpha value is -3.85. The first-order chi connectivity index (χ1) is 21.0. The molecule has 1 saturated heterocycles. The van der Waals surface area contributed by atoms with Gasteiger partial charge in [0.2, 0.25) is 0 Å². The summed E-state index contributed by atoms with van der Waals surface area (Å²) >= 11 is 7.61. The molecule has 1 amide bonds. The highest BCUT2D eigenvalue weighted by Gasteiger charge is 2.44. The Kier molecular flexibility index (Phi) is 8.79. The number of nitrogens with zero attached hydrogens (tertiary/aromatic N) is 4. The molecule has 0 radical (unpaired) electrons. The molecular weight excluding hydrogens is 650 g/mol. The van der Waals surface area contributed by atoms with Gasteiger partial charge in [-0.25, -0.2) is 4.79 Å². The fourth-order valence-corrected chi connectivity index (χ4v) is 6.75. The summed E-state index contributed by atoms with van der Waals surface area (Å²) in [5.74, 6) is -1.88. The number of piperidine rings is 1. The van der Waals surface area contributed by atoms with Crippen LogP contribution in [0, 0.1) is 12.8 Å². The number of aryl methyl sites for hydroxylation is 1. The van der Waals surface area contributed by atoms with Crippen LogP contribution in [-0.4, -0.2) is 56.5 Å². The second kappa shape index (κ2) is 12.2. The predicted octanol–water partition coefficient (Wildman–Crippen LogP) is 6.04. The maximum absolute atomic E-state index is 13.0. The SMILES string of the molecule is Cc1cc(Cl)cc(-c2ccnc3cc(Cn4c(=O)ccn(CC(F)(F)F)c4=O)sc23)c1O[C@@H]1CCN(C(=O)C(F)(F)F)C[C@@H]1C. The smallest absolute Gasteiger partial charge is 0.471 e. The monoisotopic (exact) mass is 674 g/mol. The second-order valence-corrected chi connectivity index (χ2v) is 12.4. The van der Waals surface area contributed by atoms with E-state index in [2.05, 4.69) is 4.98 Å². The van der Waals surface area contributed by atoms with Crippen molar-refractivity contribution in [3.05, 3.63) is 79.0 Å². The van der Waals surface area contributed by atoms with Gasteiger partial charge in [0.1, 0.15) is 18.4 Å². The molecule has 5 rings (SSSR count). The normalized spacial score (nSPS) is 17.6. The van der Waals surface area contributed by atoms with Gasteiger partial charge in [-0.3, -0.25) is 23.7 Å². The molecule has 8 nitrogen and oxygen atoms in total. The summed E-state index contributed by atoms with van der Waals surface area (Å²) in [6.45, 7) is 1.37. The molecule has 2 atom stereocenters. The Morgan fingerprint density at radius 3 is 2.51 bits per heavy atom. The first kappa shape index (κ1) is 32.5. The van der Waals surface area contributed by atoms with Crippen LogP contribution >= 0.6 is 22.9 Å². The molecule has 0 N–H and O–H groups in total. The van der Waals surface area contributed by atoms with Gasteiger partial charge in [-0.05, 0) is 36.8 Å². The number of alkyl halides is 6. The molecular formula is C29H25ClF6N4O4S. The summed E-state index contributed by atoms with van der Waals surface area (Å²) in [4.78, 5) is 42.6. The molecule has 4 aromatic rings. The number of likely N-dealkylation sites (tertiary alicyclic amines) is 1. The first-order valence-corrected chi connectivity index (χ1v) is 14.8. The number of rotatable bonds is 6. The van der Waals surface area contributed by atoms with Gasteiger partial charge in [0.05, 0.1) is 16.8 Å². The van der Waals surface area contributed by atoms with Crippen LogP contribution in [0.4, 0.5) is 26.3 Å². The Morgan fingerprint density at radius 2 is 1.84 bits per heavy atom. The van der Waals surface area contributed by atoms with Gasteiger partial charge in [-0.1, -0.05) is 18.5 Å². The van der Waals surface area contributed by atoms with Crippen LogP contribution in [0.5, 0.6) is 5.75 Å². The van der Waals surface area contributed by atoms with Gasteiger partial charge in [0, 0.05) is 64.9 Å². The lowest BCUT2D eigenvalue weighted by molar-refractivity contribution is -0.188. The number of benzene rings is 1. The molecule has 3 aromatic heterocycles. The summed E-state index contributed by atoms with van der Waals surface area (Å²) in [7, 11) is 0. The molecule has 4 heterocycles. The molecule has 1 fully saturated rings. The van der Waals surface area contributed by atoms with E-state index in [-0.39, 0.29) is 26.1 Å². The van der Waals surface area contributed by atoms with Crippen molar-refractivity contribution >= 4 is 39.1 Å². The maximum atomic E-state index is 13.0. The predicted molar refractivity (Wildman–Crippen MR) is 156 cm³/mol. The number of amides is 1. The van der Waals surface area contributed by atoms with E-state index in [1.54, 1.807) is 38.1 Å². The number of carbonyl (C=O) groups is 1. The quantitative estimate of drug-likeness (QED) is 0.233. The molecule has 16 heteroatoms. The molecule has 45 heavy (non-hydrogen) atoms. The summed E-state index contributed by atoms with van der Waals surface area (Å²) in [6.07, 6.45) is -7.64. The largest absolute Gasteiger partial charge is 0.489 e. The average molecular weight is 675 g/mol. The molecule has 0 aliphatic carbocycles. The molecule has 1 aliphatic rings. The fraction of sp³-hybridized carbons (Fsp3) is 0.379. The zero-order valence-corrected chi connectivity index (χ0v) is 25.3. The second-order valence-electron chi connectivity index (χ2n) is 10.8. The molecule has 1 aliphatic heterocycles. The van der Waals surface area contributed by atoms with Crippen LogP contribution in [0.15, 0.2) is 52.3 Å². The van der Waals surface area contributed by atoms with Gasteiger partial charge in [-0.2, -0.15) is 26.3 Å². The van der Waals surface area contributed by atoms with E-state index < -0.39 is 48.1 Å². The highest BCUT2D eigenvalue weighted by Crippen LogP contribution is 2.42. The number of thiophene rings is 1. The van der Waals surface area contributed by atoms with E-state index in [0.29, 0.717) is 51.7 Å². The number of aromatic nitrogens is 3. The van der Waals surface area contributed by atoms with E-state index in [1.165, 1.54) is 17.5 Å². The lowest BCUT2D eigenvalue weighted by Crippen LogP contribution is -2.50. The first-order valence-electron chi connectivity index (χ1n) is 13.6. The Bertz CT molecular complexity index is 1880. The van der Waals surface area contributed by atoms with E-state index in [4.69, 9.17) is 16.3 Å². The molecule has 0 bridgehead atoms. The van der Waals surface area contributed by atoms with Crippen LogP contribution in [0.1, 0.15) is 23.8 Å². The molecule has 0 saturated carbocycles. The van der Waals surface area contributed by atoms with Crippen molar-refractivity contribution in [3.63, 3.8) is 0 Å². The van der Waals surface area contributed by atoms with Crippen molar-refractivity contribution in [3.8, 4) is 16.9 Å². The minimum absolute atomic E-state index is 0.132. The standard InChI is InChI=1S/C29H25ClF6N4O4S/c1-15-9-17(30)10-20(24(15)44-22-4-7-38(12-16(22)2)26(42)29(34,35)36)19-3-6-37-21-11-18(45-25(19)21)13-40-23(41)5-8-39(27(40)43)14-28(31,32)33/h3,5-6,8-11,16,22H,4,7,12-14H2,1-2H3/t16-,22+/m0/s1. The zero-order valence-electron chi connectivity index (χ0n) is 23.7. The molecule has 0 spiro atoms. The molecule has 240 valence electrons. The number of halogens is 7. The lowest BCUT2D eigenvalue weighted by atomic mass is 9.95. The topological polar surface area (TPSA) is 86.4 Å². The van der Waals surface area contributed by atoms with Gasteiger partial charge in [-0.15, -0.1) is 11.3 Å². The summed E-state index contributed by atoms with van der Waals surface area (Å²) < 4.78 is 86.0. The van der Waals surface area contributed by atoms with Crippen LogP contribution in [0.2, 0.25) is 5.02 Å². The minimum Gasteiger partial charge on any atom is -0.489 e. The lowest BCUT2D eigenvalue weighted by Gasteiger charge is -2.37. The Labute approximate surface area is 260 Å². The summed E-state index contributed by atoms with van der Waals surface area (Å²) in [6, 6.07) is 7.58. The third kappa shape index (κ3) is 7.03. The highest BCUT2D eigenvalue weighted by molar-refractivity contribution is 7.19. The Balaban J connectivity index is 1.48. The van der Waals surface area contributed by atoms with E-state index in [1.807, 2.05) is 0 Å². The fourth-order valence-electron chi connectivity index (χ4n) is 5.35. The number of hydrogen-bond donors (Lipinski definition) is 0. The van der Waals surface area contributed by atoms with E-state index in [9.17, 15) is 40.7 Å². The maximum Gasteiger partial charge on any atom is 0.471 e. The third-order valence-corrected chi connectivity index (χ3v) is 8.78. The number of hydrogen-bond acceptors (Lipinski definition) is 6. The van der Waals surface area contributed by atoms with Crippen LogP contribution in [0.3, 0.4) is 0 Å². The van der Waals surface area contributed by atoms with Crippen molar-refractivity contribution in [1.29, 1.82) is 0 Å². The summed E-state index contributed by atoms with van der Waals surface area (Å²) in [5.41, 5.74) is 0.464. The van der Waals surface area contributed by atoms with Gasteiger partial charge >= 0.3 is 23.9 Å². The molecule has 0 unspecified atom stereocenters. The highest BCUT2D eigenvalue weighted by atomic mass is 35.5. The van der Waals surface area contributed by atoms with Crippen LogP contribution < -0.4 is 16.0 Å². The van der Waals surface area contributed by atoms with Crippen LogP contribution in [0.25, 0.3) is 21.3 Å². The van der Waals surface area contributed by atoms with Crippen molar-refractivity contribution in [1.82, 2.24) is 19.0 Å². The molecule has 1 aromatic carbocycles. The number of ether oxygens (including phenoxy) is 1. The van der Waals surface area contributed by atoms with Gasteiger partial charge in [0.15, 0.2) is 0 Å². The van der Waals surface area contributed by atoms with Gasteiger partial charge in [0.25, 0.3) is 5.56 Å². The van der Waals surface area contributed by atoms with Crippen molar-refractivity contribution < 1.29 is 35.9 Å². The van der Waals surface area contributed by atoms with Gasteiger partial charge < -0.3 is 9.64 Å². The summed E-state index contributed by atoms with van der Waals surface area (Å²) in [5, 5.41) is 0.385.